The first-order valence-corrected chi connectivity index (χ1v) is 5.21. The van der Waals surface area contributed by atoms with Crippen molar-refractivity contribution >= 4 is 5.69 Å². The molecule has 0 fully saturated rings. The third-order valence-electron chi connectivity index (χ3n) is 2.38. The predicted molar refractivity (Wildman–Crippen MR) is 63.5 cm³/mol. The minimum absolute atomic E-state index is 0.329. The molecule has 82 valence electrons. The van der Waals surface area contributed by atoms with Crippen LogP contribution in [0.1, 0.15) is 31.9 Å². The van der Waals surface area contributed by atoms with E-state index in [4.69, 9.17) is 5.73 Å². The molecule has 0 bridgehead atoms. The molecule has 0 aromatic heterocycles. The van der Waals surface area contributed by atoms with Crippen LogP contribution in [0.4, 0.5) is 5.69 Å². The Labute approximate surface area is 91.4 Å². The van der Waals surface area contributed by atoms with E-state index in [9.17, 15) is 0 Å². The van der Waals surface area contributed by atoms with Gasteiger partial charge >= 0.3 is 0 Å². The van der Waals surface area contributed by atoms with E-state index < -0.39 is 0 Å². The summed E-state index contributed by atoms with van der Waals surface area (Å²) in [6, 6.07) is 6.07. The Morgan fingerprint density at radius 1 is 1.33 bits per heavy atom. The number of aryl methyl sites for hydroxylation is 1. The summed E-state index contributed by atoms with van der Waals surface area (Å²) in [6.07, 6.45) is 0.986. The maximum atomic E-state index is 6.13. The Bertz CT molecular complexity index is 362. The first-order chi connectivity index (χ1) is 6.99. The van der Waals surface area contributed by atoms with Crippen LogP contribution in [0.5, 0.6) is 0 Å². The van der Waals surface area contributed by atoms with Gasteiger partial charge in [0.25, 0.3) is 0 Å². The normalized spacial score (nSPS) is 12.3. The molecular weight excluding hydrogens is 186 g/mol. The molecule has 0 aliphatic rings. The third-order valence-corrected chi connectivity index (χ3v) is 2.38. The summed E-state index contributed by atoms with van der Waals surface area (Å²) in [5, 5.41) is 7.79. The number of rotatable bonds is 3. The SMILES string of the molecule is CCc1ccc(N=NC)cc1C(C)(C)N. The van der Waals surface area contributed by atoms with Gasteiger partial charge in [-0.05, 0) is 43.5 Å². The number of azo groups is 1. The van der Waals surface area contributed by atoms with Gasteiger partial charge in [0, 0.05) is 12.6 Å². The number of nitrogens with two attached hydrogens (primary N) is 1. The maximum Gasteiger partial charge on any atom is 0.0856 e. The summed E-state index contributed by atoms with van der Waals surface area (Å²) < 4.78 is 0. The maximum absolute atomic E-state index is 6.13. The van der Waals surface area contributed by atoms with Crippen molar-refractivity contribution in [3.8, 4) is 0 Å². The third kappa shape index (κ3) is 2.86. The summed E-state index contributed by atoms with van der Waals surface area (Å²) in [5.74, 6) is 0. The van der Waals surface area contributed by atoms with Gasteiger partial charge in [-0.3, -0.25) is 0 Å². The van der Waals surface area contributed by atoms with Gasteiger partial charge in [0.05, 0.1) is 5.69 Å². The molecule has 0 radical (unpaired) electrons. The van der Waals surface area contributed by atoms with Gasteiger partial charge in [-0.15, -0.1) is 0 Å². The van der Waals surface area contributed by atoms with Crippen LogP contribution >= 0.6 is 0 Å². The summed E-state index contributed by atoms with van der Waals surface area (Å²) in [5.41, 5.74) is 9.08. The summed E-state index contributed by atoms with van der Waals surface area (Å²) in [6.45, 7) is 6.15. The molecule has 0 saturated heterocycles. The highest BCUT2D eigenvalue weighted by molar-refractivity contribution is 5.46. The highest BCUT2D eigenvalue weighted by atomic mass is 15.1. The monoisotopic (exact) mass is 205 g/mol. The van der Waals surface area contributed by atoms with E-state index in [1.54, 1.807) is 7.05 Å². The van der Waals surface area contributed by atoms with Crippen molar-refractivity contribution in [1.82, 2.24) is 0 Å². The number of hydrogen-bond acceptors (Lipinski definition) is 3. The highest BCUT2D eigenvalue weighted by Gasteiger charge is 2.17. The molecule has 3 nitrogen and oxygen atoms in total. The molecule has 0 aliphatic heterocycles. The molecule has 0 amide bonds. The lowest BCUT2D eigenvalue weighted by molar-refractivity contribution is 0.548. The van der Waals surface area contributed by atoms with Gasteiger partial charge in [-0.2, -0.15) is 10.2 Å². The van der Waals surface area contributed by atoms with Gasteiger partial charge in [-0.1, -0.05) is 13.0 Å². The van der Waals surface area contributed by atoms with Crippen LogP contribution in [-0.2, 0) is 12.0 Å². The molecule has 1 aromatic rings. The Hall–Kier alpha value is -1.22. The van der Waals surface area contributed by atoms with Gasteiger partial charge < -0.3 is 5.73 Å². The van der Waals surface area contributed by atoms with Crippen molar-refractivity contribution in [3.05, 3.63) is 29.3 Å². The van der Waals surface area contributed by atoms with E-state index in [1.165, 1.54) is 5.56 Å². The van der Waals surface area contributed by atoms with Crippen LogP contribution in [0.2, 0.25) is 0 Å². The van der Waals surface area contributed by atoms with Gasteiger partial charge in [0.15, 0.2) is 0 Å². The van der Waals surface area contributed by atoms with Crippen LogP contribution in [0, 0.1) is 0 Å². The summed E-state index contributed by atoms with van der Waals surface area (Å²) >= 11 is 0. The fourth-order valence-electron chi connectivity index (χ4n) is 1.65. The van der Waals surface area contributed by atoms with E-state index >= 15 is 0 Å². The minimum atomic E-state index is -0.329. The minimum Gasteiger partial charge on any atom is -0.322 e. The van der Waals surface area contributed by atoms with Crippen LogP contribution in [0.25, 0.3) is 0 Å². The number of nitrogens with zero attached hydrogens (tertiary/aromatic N) is 2. The number of benzene rings is 1. The van der Waals surface area contributed by atoms with Crippen molar-refractivity contribution < 1.29 is 0 Å². The molecule has 0 spiro atoms. The Morgan fingerprint density at radius 3 is 2.47 bits per heavy atom. The van der Waals surface area contributed by atoms with E-state index in [-0.39, 0.29) is 5.54 Å². The first-order valence-electron chi connectivity index (χ1n) is 5.21. The summed E-state index contributed by atoms with van der Waals surface area (Å²) in [7, 11) is 1.67. The van der Waals surface area contributed by atoms with Crippen molar-refractivity contribution in [2.45, 2.75) is 32.7 Å². The fourth-order valence-corrected chi connectivity index (χ4v) is 1.65. The highest BCUT2D eigenvalue weighted by Crippen LogP contribution is 2.26. The van der Waals surface area contributed by atoms with Crippen molar-refractivity contribution in [2.75, 3.05) is 7.05 Å². The zero-order valence-corrected chi connectivity index (χ0v) is 9.91. The molecule has 2 N–H and O–H groups in total. The lowest BCUT2D eigenvalue weighted by Crippen LogP contribution is -2.29. The quantitative estimate of drug-likeness (QED) is 0.757. The van der Waals surface area contributed by atoms with Gasteiger partial charge in [0.2, 0.25) is 0 Å². The van der Waals surface area contributed by atoms with E-state index in [0.29, 0.717) is 0 Å². The van der Waals surface area contributed by atoms with Crippen molar-refractivity contribution in [3.63, 3.8) is 0 Å². The Kier molecular flexibility index (Phi) is 3.58. The molecule has 0 aliphatic carbocycles. The van der Waals surface area contributed by atoms with E-state index in [2.05, 4.69) is 23.2 Å². The first kappa shape index (κ1) is 11.9. The Balaban J connectivity index is 3.25. The van der Waals surface area contributed by atoms with Crippen LogP contribution in [0.15, 0.2) is 28.4 Å². The zero-order chi connectivity index (χ0) is 11.5. The lowest BCUT2D eigenvalue weighted by atomic mass is 9.89. The van der Waals surface area contributed by atoms with Crippen molar-refractivity contribution in [1.29, 1.82) is 0 Å². The smallest absolute Gasteiger partial charge is 0.0856 e. The molecule has 1 rings (SSSR count). The Morgan fingerprint density at radius 2 is 2.00 bits per heavy atom. The molecule has 0 unspecified atom stereocenters. The topological polar surface area (TPSA) is 50.7 Å². The molecule has 1 aromatic carbocycles. The standard InChI is InChI=1S/C12H19N3/c1-5-9-6-7-10(15-14-4)8-11(9)12(2,3)13/h6-8H,5,13H2,1-4H3. The number of hydrogen-bond donors (Lipinski definition) is 1. The predicted octanol–water partition coefficient (Wildman–Crippen LogP) is 3.16. The average Bonchev–Trinajstić information content (AvgIpc) is 2.17. The lowest BCUT2D eigenvalue weighted by Gasteiger charge is -2.22. The average molecular weight is 205 g/mol. The molecule has 15 heavy (non-hydrogen) atoms. The molecule has 3 heteroatoms. The molecule has 0 heterocycles. The molecule has 0 atom stereocenters. The van der Waals surface area contributed by atoms with Gasteiger partial charge in [-0.25, -0.2) is 0 Å². The van der Waals surface area contributed by atoms with E-state index in [1.807, 2.05) is 26.0 Å². The van der Waals surface area contributed by atoms with Gasteiger partial charge in [0.1, 0.15) is 0 Å². The van der Waals surface area contributed by atoms with Crippen molar-refractivity contribution in [2.24, 2.45) is 16.0 Å². The van der Waals surface area contributed by atoms with E-state index in [0.717, 1.165) is 17.7 Å². The fraction of sp³-hybridized carbons (Fsp3) is 0.500. The van der Waals surface area contributed by atoms with Crippen LogP contribution < -0.4 is 5.73 Å². The molecule has 0 saturated carbocycles. The molecular formula is C12H19N3. The largest absolute Gasteiger partial charge is 0.322 e. The second kappa shape index (κ2) is 4.53. The second-order valence-corrected chi connectivity index (χ2v) is 4.22. The van der Waals surface area contributed by atoms with Crippen LogP contribution in [0.3, 0.4) is 0 Å². The second-order valence-electron chi connectivity index (χ2n) is 4.22. The van der Waals surface area contributed by atoms with Crippen LogP contribution in [-0.4, -0.2) is 7.05 Å². The zero-order valence-electron chi connectivity index (χ0n) is 9.91. The summed E-state index contributed by atoms with van der Waals surface area (Å²) in [4.78, 5) is 0.